The molecule has 1 saturated heterocycles. The van der Waals surface area contributed by atoms with Crippen LogP contribution in [0.2, 0.25) is 0 Å². The molecular formula is C22H31NO3. The number of ether oxygens (including phenoxy) is 2. The van der Waals surface area contributed by atoms with Crippen LogP contribution in [0.3, 0.4) is 0 Å². The molecule has 1 fully saturated rings. The van der Waals surface area contributed by atoms with E-state index >= 15 is 0 Å². The molecule has 2 rings (SSSR count). The summed E-state index contributed by atoms with van der Waals surface area (Å²) in [6.45, 7) is 12.7. The van der Waals surface area contributed by atoms with E-state index in [0.29, 0.717) is 0 Å². The molecule has 3 atom stereocenters. The molecule has 1 N–H and O–H groups in total. The van der Waals surface area contributed by atoms with Crippen LogP contribution in [-0.2, 0) is 10.3 Å². The van der Waals surface area contributed by atoms with Crippen LogP contribution >= 0.6 is 0 Å². The molecular weight excluding hydrogens is 326 g/mol. The molecule has 1 aromatic carbocycles. The van der Waals surface area contributed by atoms with Crippen LogP contribution in [0.25, 0.3) is 0 Å². The molecule has 26 heavy (non-hydrogen) atoms. The maximum atomic E-state index is 11.2. The molecule has 0 amide bonds. The Hall–Kier alpha value is -1.88. The summed E-state index contributed by atoms with van der Waals surface area (Å²) < 4.78 is 11.0. The fraction of sp³-hybridized carbons (Fsp3) is 0.455. The van der Waals surface area contributed by atoms with Crippen molar-refractivity contribution in [2.45, 2.75) is 38.6 Å². The predicted octanol–water partition coefficient (Wildman–Crippen LogP) is 3.68. The Morgan fingerprint density at radius 3 is 2.42 bits per heavy atom. The van der Waals surface area contributed by atoms with Gasteiger partial charge in [-0.2, -0.15) is 0 Å². The first kappa shape index (κ1) is 20.4. The van der Waals surface area contributed by atoms with Gasteiger partial charge in [0, 0.05) is 19.6 Å². The zero-order chi connectivity index (χ0) is 19.2. The van der Waals surface area contributed by atoms with Crippen LogP contribution in [0.1, 0.15) is 26.3 Å². The number of hydrogen-bond acceptors (Lipinski definition) is 4. The Balaban J connectivity index is 2.12. The Bertz CT molecular complexity index is 640. The summed E-state index contributed by atoms with van der Waals surface area (Å²) >= 11 is 0. The predicted molar refractivity (Wildman–Crippen MR) is 106 cm³/mol. The highest BCUT2D eigenvalue weighted by molar-refractivity contribution is 5.44. The van der Waals surface area contributed by atoms with Gasteiger partial charge in [-0.3, -0.25) is 4.90 Å². The Morgan fingerprint density at radius 1 is 1.31 bits per heavy atom. The first-order chi connectivity index (χ1) is 12.4. The highest BCUT2D eigenvalue weighted by Crippen LogP contribution is 2.32. The highest BCUT2D eigenvalue weighted by Gasteiger charge is 2.28. The van der Waals surface area contributed by atoms with Crippen molar-refractivity contribution in [2.75, 3.05) is 26.7 Å². The van der Waals surface area contributed by atoms with Crippen molar-refractivity contribution in [3.05, 3.63) is 66.3 Å². The molecule has 0 aliphatic carbocycles. The Morgan fingerprint density at radius 2 is 1.92 bits per heavy atom. The van der Waals surface area contributed by atoms with E-state index in [9.17, 15) is 5.11 Å². The summed E-state index contributed by atoms with van der Waals surface area (Å²) in [5.74, 6) is 0.758. The maximum absolute atomic E-state index is 11.2. The third kappa shape index (κ3) is 4.85. The maximum Gasteiger partial charge on any atom is 0.133 e. The average Bonchev–Trinajstić information content (AvgIpc) is 2.64. The second-order valence-electron chi connectivity index (χ2n) is 6.82. The zero-order valence-electron chi connectivity index (χ0n) is 16.3. The van der Waals surface area contributed by atoms with Crippen molar-refractivity contribution in [2.24, 2.45) is 0 Å². The van der Waals surface area contributed by atoms with Crippen LogP contribution in [0.15, 0.2) is 60.7 Å². The van der Waals surface area contributed by atoms with Crippen LogP contribution in [0.5, 0.6) is 5.75 Å². The minimum absolute atomic E-state index is 0.248. The number of allylic oxidation sites excluding steroid dienone is 1. The number of nitrogens with zero attached hydrogens (tertiary/aromatic N) is 1. The van der Waals surface area contributed by atoms with Gasteiger partial charge in [0.25, 0.3) is 0 Å². The molecule has 1 aromatic rings. The van der Waals surface area contributed by atoms with E-state index in [1.54, 1.807) is 13.2 Å². The van der Waals surface area contributed by atoms with Crippen molar-refractivity contribution in [1.82, 2.24) is 4.90 Å². The van der Waals surface area contributed by atoms with Gasteiger partial charge in [0.2, 0.25) is 0 Å². The third-order valence-corrected chi connectivity index (χ3v) is 4.73. The number of methoxy groups -OCH3 is 1. The largest absolute Gasteiger partial charge is 0.497 e. The monoisotopic (exact) mass is 357 g/mol. The van der Waals surface area contributed by atoms with E-state index in [4.69, 9.17) is 9.47 Å². The van der Waals surface area contributed by atoms with Crippen LogP contribution < -0.4 is 4.74 Å². The summed E-state index contributed by atoms with van der Waals surface area (Å²) in [4.78, 5) is 2.36. The Labute approximate surface area is 157 Å². The van der Waals surface area contributed by atoms with Crippen molar-refractivity contribution in [1.29, 1.82) is 0 Å². The van der Waals surface area contributed by atoms with Gasteiger partial charge in [0.05, 0.1) is 19.3 Å². The van der Waals surface area contributed by atoms with E-state index in [1.807, 2.05) is 43.3 Å². The highest BCUT2D eigenvalue weighted by atomic mass is 16.5. The van der Waals surface area contributed by atoms with Gasteiger partial charge in [-0.25, -0.2) is 0 Å². The molecule has 0 aromatic heterocycles. The van der Waals surface area contributed by atoms with Gasteiger partial charge < -0.3 is 14.6 Å². The van der Waals surface area contributed by atoms with Gasteiger partial charge in [-0.05, 0) is 44.0 Å². The van der Waals surface area contributed by atoms with Crippen LogP contribution in [0.4, 0.5) is 0 Å². The SMILES string of the molecule is C=CC(O)(C(/C=C\CN1CC(C)OC(C)C1)=C/C)c1ccc(OC)cc1. The third-order valence-electron chi connectivity index (χ3n) is 4.73. The van der Waals surface area contributed by atoms with Gasteiger partial charge in [0.1, 0.15) is 11.4 Å². The number of aliphatic hydroxyl groups is 1. The molecule has 1 aliphatic rings. The normalized spacial score (nSPS) is 24.4. The summed E-state index contributed by atoms with van der Waals surface area (Å²) in [6.07, 6.45) is 8.07. The molecule has 3 unspecified atom stereocenters. The molecule has 4 nitrogen and oxygen atoms in total. The van der Waals surface area contributed by atoms with Gasteiger partial charge in [0.15, 0.2) is 0 Å². The van der Waals surface area contributed by atoms with Crippen molar-refractivity contribution in [3.63, 3.8) is 0 Å². The van der Waals surface area contributed by atoms with Crippen molar-refractivity contribution in [3.8, 4) is 5.75 Å². The first-order valence-electron chi connectivity index (χ1n) is 9.14. The zero-order valence-corrected chi connectivity index (χ0v) is 16.3. The van der Waals surface area contributed by atoms with Crippen molar-refractivity contribution < 1.29 is 14.6 Å². The van der Waals surface area contributed by atoms with Gasteiger partial charge >= 0.3 is 0 Å². The van der Waals surface area contributed by atoms with Crippen molar-refractivity contribution >= 4 is 0 Å². The van der Waals surface area contributed by atoms with E-state index < -0.39 is 5.60 Å². The summed E-state index contributed by atoms with van der Waals surface area (Å²) in [5.41, 5.74) is 0.329. The standard InChI is InChI=1S/C22H31NO3/c1-6-19(9-8-14-23-15-17(3)26-18(4)16-23)22(24,7-2)20-10-12-21(25-5)13-11-20/h6-13,17-18,24H,2,14-16H2,1,3-5H3/b9-8-,19-6+. The minimum Gasteiger partial charge on any atom is -0.497 e. The molecule has 0 saturated carbocycles. The first-order valence-corrected chi connectivity index (χ1v) is 9.14. The minimum atomic E-state index is -1.23. The lowest BCUT2D eigenvalue weighted by Gasteiger charge is -2.34. The Kier molecular flexibility index (Phi) is 7.21. The lowest BCUT2D eigenvalue weighted by molar-refractivity contribution is -0.0646. The molecule has 4 heteroatoms. The van der Waals surface area contributed by atoms with Gasteiger partial charge in [-0.1, -0.05) is 43.0 Å². The summed E-state index contributed by atoms with van der Waals surface area (Å²) in [7, 11) is 1.63. The second-order valence-corrected chi connectivity index (χ2v) is 6.82. The molecule has 142 valence electrons. The summed E-state index contributed by atoms with van der Waals surface area (Å²) in [5, 5.41) is 11.2. The molecule has 0 spiro atoms. The fourth-order valence-corrected chi connectivity index (χ4v) is 3.45. The lowest BCUT2D eigenvalue weighted by atomic mass is 9.85. The van der Waals surface area contributed by atoms with E-state index in [-0.39, 0.29) is 12.2 Å². The number of morpholine rings is 1. The van der Waals surface area contributed by atoms with Gasteiger partial charge in [-0.15, -0.1) is 0 Å². The molecule has 0 bridgehead atoms. The molecule has 0 radical (unpaired) electrons. The van der Waals surface area contributed by atoms with Crippen LogP contribution in [-0.4, -0.2) is 49.0 Å². The van der Waals surface area contributed by atoms with E-state index in [0.717, 1.165) is 36.5 Å². The number of benzene rings is 1. The quantitative estimate of drug-likeness (QED) is 0.597. The lowest BCUT2D eigenvalue weighted by Crippen LogP contribution is -2.45. The second kappa shape index (κ2) is 9.17. The smallest absolute Gasteiger partial charge is 0.133 e. The average molecular weight is 357 g/mol. The topological polar surface area (TPSA) is 41.9 Å². The number of rotatable bonds is 7. The molecule has 1 heterocycles. The van der Waals surface area contributed by atoms with E-state index in [1.165, 1.54) is 0 Å². The number of hydrogen-bond donors (Lipinski definition) is 1. The molecule has 1 aliphatic heterocycles. The summed E-state index contributed by atoms with van der Waals surface area (Å²) in [6, 6.07) is 7.42. The fourth-order valence-electron chi connectivity index (χ4n) is 3.45. The van der Waals surface area contributed by atoms with E-state index in [2.05, 4.69) is 31.4 Å². The van der Waals surface area contributed by atoms with Crippen LogP contribution in [0, 0.1) is 0 Å².